The monoisotopic (exact) mass is 261 g/mol. The molecule has 3 nitrogen and oxygen atoms in total. The molecule has 1 aromatic carbocycles. The Morgan fingerprint density at radius 1 is 1.39 bits per heavy atom. The van der Waals surface area contributed by atoms with E-state index in [1.807, 2.05) is 23.6 Å². The summed E-state index contributed by atoms with van der Waals surface area (Å²) in [6.07, 6.45) is 0. The second kappa shape index (κ2) is 5.69. The molecule has 0 bridgehead atoms. The van der Waals surface area contributed by atoms with Gasteiger partial charge in [-0.15, -0.1) is 0 Å². The molecular weight excluding hydrogens is 246 g/mol. The van der Waals surface area contributed by atoms with Gasteiger partial charge < -0.3 is 9.64 Å². The van der Waals surface area contributed by atoms with Gasteiger partial charge in [-0.3, -0.25) is 4.79 Å². The molecule has 18 heavy (non-hydrogen) atoms. The number of carbonyl (C=O) groups is 1. The van der Waals surface area contributed by atoms with Gasteiger partial charge >= 0.3 is 0 Å². The van der Waals surface area contributed by atoms with Gasteiger partial charge in [-0.1, -0.05) is 6.07 Å². The van der Waals surface area contributed by atoms with Crippen molar-refractivity contribution >= 4 is 17.2 Å². The summed E-state index contributed by atoms with van der Waals surface area (Å²) in [5, 5.41) is 4.06. The predicted molar refractivity (Wildman–Crippen MR) is 73.1 cm³/mol. The van der Waals surface area contributed by atoms with Crippen LogP contribution in [0.3, 0.4) is 0 Å². The van der Waals surface area contributed by atoms with Crippen molar-refractivity contribution in [1.29, 1.82) is 0 Å². The lowest BCUT2D eigenvalue weighted by molar-refractivity contribution is 0.0785. The Balaban J connectivity index is 2.10. The van der Waals surface area contributed by atoms with E-state index in [0.29, 0.717) is 17.9 Å². The van der Waals surface area contributed by atoms with Crippen LogP contribution in [0.1, 0.15) is 15.9 Å². The van der Waals surface area contributed by atoms with Crippen molar-refractivity contribution in [2.45, 2.75) is 6.54 Å². The van der Waals surface area contributed by atoms with Crippen molar-refractivity contribution in [3.63, 3.8) is 0 Å². The summed E-state index contributed by atoms with van der Waals surface area (Å²) in [7, 11) is 3.40. The smallest absolute Gasteiger partial charge is 0.254 e. The Morgan fingerprint density at radius 3 is 2.89 bits per heavy atom. The summed E-state index contributed by atoms with van der Waals surface area (Å²) >= 11 is 1.64. The molecule has 0 atom stereocenters. The number of nitrogens with zero attached hydrogens (tertiary/aromatic N) is 1. The number of hydrogen-bond donors (Lipinski definition) is 0. The van der Waals surface area contributed by atoms with E-state index in [-0.39, 0.29) is 5.91 Å². The SMILES string of the molecule is COc1cccc(C(=O)N(C)Cc2ccsc2)c1. The molecule has 0 N–H and O–H groups in total. The fraction of sp³-hybridized carbons (Fsp3) is 0.214. The van der Waals surface area contributed by atoms with E-state index in [1.54, 1.807) is 42.5 Å². The number of carbonyl (C=O) groups excluding carboxylic acids is 1. The summed E-state index contributed by atoms with van der Waals surface area (Å²) < 4.78 is 5.12. The topological polar surface area (TPSA) is 29.5 Å². The number of ether oxygens (including phenoxy) is 1. The van der Waals surface area contributed by atoms with Crippen molar-refractivity contribution in [1.82, 2.24) is 4.90 Å². The van der Waals surface area contributed by atoms with E-state index >= 15 is 0 Å². The zero-order valence-electron chi connectivity index (χ0n) is 10.4. The molecule has 0 radical (unpaired) electrons. The lowest BCUT2D eigenvalue weighted by atomic mass is 10.2. The molecule has 1 amide bonds. The van der Waals surface area contributed by atoms with Gasteiger partial charge in [0, 0.05) is 19.2 Å². The van der Waals surface area contributed by atoms with Crippen molar-refractivity contribution < 1.29 is 9.53 Å². The Morgan fingerprint density at radius 2 is 2.22 bits per heavy atom. The zero-order chi connectivity index (χ0) is 13.0. The van der Waals surface area contributed by atoms with Crippen LogP contribution in [0.2, 0.25) is 0 Å². The van der Waals surface area contributed by atoms with Crippen molar-refractivity contribution in [3.05, 3.63) is 52.2 Å². The Bertz CT molecular complexity index is 522. The van der Waals surface area contributed by atoms with Crippen molar-refractivity contribution in [3.8, 4) is 5.75 Å². The number of methoxy groups -OCH3 is 1. The Kier molecular flexibility index (Phi) is 3.99. The maximum absolute atomic E-state index is 12.2. The molecule has 0 aliphatic carbocycles. The molecule has 0 saturated carbocycles. The third-order valence-corrected chi connectivity index (χ3v) is 3.40. The van der Waals surface area contributed by atoms with Crippen LogP contribution in [0.15, 0.2) is 41.1 Å². The van der Waals surface area contributed by atoms with Gasteiger partial charge in [-0.05, 0) is 40.6 Å². The molecule has 2 rings (SSSR count). The maximum atomic E-state index is 12.2. The number of thiophene rings is 1. The van der Waals surface area contributed by atoms with Gasteiger partial charge in [0.1, 0.15) is 5.75 Å². The van der Waals surface area contributed by atoms with E-state index in [4.69, 9.17) is 4.74 Å². The third kappa shape index (κ3) is 2.90. The molecular formula is C14H15NO2S. The van der Waals surface area contributed by atoms with E-state index < -0.39 is 0 Å². The molecule has 1 heterocycles. The third-order valence-electron chi connectivity index (χ3n) is 2.66. The van der Waals surface area contributed by atoms with Gasteiger partial charge in [-0.25, -0.2) is 0 Å². The average Bonchev–Trinajstić information content (AvgIpc) is 2.90. The fourth-order valence-corrected chi connectivity index (χ4v) is 2.36. The Hall–Kier alpha value is -1.81. The van der Waals surface area contributed by atoms with Crippen molar-refractivity contribution in [2.75, 3.05) is 14.2 Å². The lowest BCUT2D eigenvalue weighted by Crippen LogP contribution is -2.25. The normalized spacial score (nSPS) is 10.1. The van der Waals surface area contributed by atoms with Gasteiger partial charge in [0.05, 0.1) is 7.11 Å². The fourth-order valence-electron chi connectivity index (χ4n) is 1.70. The number of hydrogen-bond acceptors (Lipinski definition) is 3. The van der Waals surface area contributed by atoms with Crippen LogP contribution < -0.4 is 4.74 Å². The highest BCUT2D eigenvalue weighted by molar-refractivity contribution is 7.07. The molecule has 0 saturated heterocycles. The van der Waals surface area contributed by atoms with Crippen LogP contribution in [0.4, 0.5) is 0 Å². The summed E-state index contributed by atoms with van der Waals surface area (Å²) in [5.41, 5.74) is 1.80. The molecule has 0 spiro atoms. The minimum atomic E-state index is 0.0000926. The van der Waals surface area contributed by atoms with Crippen LogP contribution in [0, 0.1) is 0 Å². The first-order valence-electron chi connectivity index (χ1n) is 5.61. The first-order chi connectivity index (χ1) is 8.70. The van der Waals surface area contributed by atoms with Gasteiger partial charge in [0.15, 0.2) is 0 Å². The number of amides is 1. The van der Waals surface area contributed by atoms with Gasteiger partial charge in [-0.2, -0.15) is 11.3 Å². The molecule has 0 aliphatic rings. The molecule has 0 aliphatic heterocycles. The van der Waals surface area contributed by atoms with Crippen LogP contribution in [-0.2, 0) is 6.54 Å². The number of benzene rings is 1. The Labute approximate surface area is 111 Å². The van der Waals surface area contributed by atoms with E-state index in [0.717, 1.165) is 5.56 Å². The highest BCUT2D eigenvalue weighted by atomic mass is 32.1. The highest BCUT2D eigenvalue weighted by Crippen LogP contribution is 2.15. The van der Waals surface area contributed by atoms with Crippen LogP contribution in [0.5, 0.6) is 5.75 Å². The van der Waals surface area contributed by atoms with Crippen LogP contribution in [0.25, 0.3) is 0 Å². The second-order valence-electron chi connectivity index (χ2n) is 4.02. The zero-order valence-corrected chi connectivity index (χ0v) is 11.2. The minimum Gasteiger partial charge on any atom is -0.497 e. The highest BCUT2D eigenvalue weighted by Gasteiger charge is 2.12. The molecule has 0 unspecified atom stereocenters. The summed E-state index contributed by atoms with van der Waals surface area (Å²) in [4.78, 5) is 13.9. The van der Waals surface area contributed by atoms with Gasteiger partial charge in [0.25, 0.3) is 5.91 Å². The van der Waals surface area contributed by atoms with Gasteiger partial charge in [0.2, 0.25) is 0 Å². The summed E-state index contributed by atoms with van der Waals surface area (Å²) in [6, 6.07) is 9.24. The maximum Gasteiger partial charge on any atom is 0.254 e. The first kappa shape index (κ1) is 12.6. The van der Waals surface area contributed by atoms with E-state index in [1.165, 1.54) is 0 Å². The second-order valence-corrected chi connectivity index (χ2v) is 4.80. The summed E-state index contributed by atoms with van der Waals surface area (Å²) in [6.45, 7) is 0.625. The predicted octanol–water partition coefficient (Wildman–Crippen LogP) is 3.03. The standard InChI is InChI=1S/C14H15NO2S/c1-15(9-11-6-7-18-10-11)14(16)12-4-3-5-13(8-12)17-2/h3-8,10H,9H2,1-2H3. The average molecular weight is 261 g/mol. The molecule has 94 valence electrons. The quantitative estimate of drug-likeness (QED) is 0.846. The number of rotatable bonds is 4. The van der Waals surface area contributed by atoms with Crippen molar-refractivity contribution in [2.24, 2.45) is 0 Å². The summed E-state index contributed by atoms with van der Waals surface area (Å²) in [5.74, 6) is 0.699. The molecule has 2 aromatic rings. The van der Waals surface area contributed by atoms with E-state index in [2.05, 4.69) is 5.38 Å². The molecule has 0 fully saturated rings. The lowest BCUT2D eigenvalue weighted by Gasteiger charge is -2.16. The van der Waals surface area contributed by atoms with Crippen LogP contribution >= 0.6 is 11.3 Å². The molecule has 4 heteroatoms. The van der Waals surface area contributed by atoms with E-state index in [9.17, 15) is 4.79 Å². The first-order valence-corrected chi connectivity index (χ1v) is 6.55. The minimum absolute atomic E-state index is 0.0000926. The van der Waals surface area contributed by atoms with Crippen LogP contribution in [-0.4, -0.2) is 25.0 Å². The largest absolute Gasteiger partial charge is 0.497 e. The molecule has 1 aromatic heterocycles.